The maximum absolute atomic E-state index is 12.3. The molecule has 1 unspecified atom stereocenters. The van der Waals surface area contributed by atoms with E-state index in [2.05, 4.69) is 38.0 Å². The largest absolute Gasteiger partial charge is 0.497 e. The number of rotatable bonds is 10. The molecule has 1 N–H and O–H groups in total. The van der Waals surface area contributed by atoms with Crippen LogP contribution in [0, 0.1) is 0 Å². The number of halogens is 1. The van der Waals surface area contributed by atoms with Crippen molar-refractivity contribution in [2.24, 2.45) is 0 Å². The number of aromatic nitrogens is 3. The van der Waals surface area contributed by atoms with E-state index in [1.807, 2.05) is 60.0 Å². The second kappa shape index (κ2) is 11.0. The summed E-state index contributed by atoms with van der Waals surface area (Å²) in [7, 11) is 1.62. The third-order valence-corrected chi connectivity index (χ3v) is 5.75. The summed E-state index contributed by atoms with van der Waals surface area (Å²) in [4.78, 5) is 12.3. The van der Waals surface area contributed by atoms with Crippen molar-refractivity contribution in [2.75, 3.05) is 18.2 Å². The quantitative estimate of drug-likeness (QED) is 0.306. The normalized spacial score (nSPS) is 11.6. The summed E-state index contributed by atoms with van der Waals surface area (Å²) in [6, 6.07) is 14.8. The Morgan fingerprint density at radius 3 is 2.52 bits per heavy atom. The smallest absolute Gasteiger partial charge is 0.234 e. The minimum absolute atomic E-state index is 0.121. The van der Waals surface area contributed by atoms with Gasteiger partial charge in [0.2, 0.25) is 5.91 Å². The summed E-state index contributed by atoms with van der Waals surface area (Å²) >= 11 is 4.69. The molecule has 1 heterocycles. The lowest BCUT2D eigenvalue weighted by Gasteiger charge is -2.16. The number of methoxy groups -OCH3 is 1. The second-order valence-corrected chi connectivity index (χ2v) is 8.38. The maximum atomic E-state index is 12.3. The first-order valence-corrected chi connectivity index (χ1v) is 11.3. The molecule has 0 bridgehead atoms. The van der Waals surface area contributed by atoms with E-state index in [9.17, 15) is 4.79 Å². The molecule has 31 heavy (non-hydrogen) atoms. The highest BCUT2D eigenvalue weighted by Gasteiger charge is 2.20. The SMILES string of the molecule is C=CCn1c(SCC(=O)Nc2ccc(Br)cc2)nnc1C(C)Oc1ccc(OC)cc1. The van der Waals surface area contributed by atoms with Crippen LogP contribution in [0.3, 0.4) is 0 Å². The summed E-state index contributed by atoms with van der Waals surface area (Å²) in [5.41, 5.74) is 0.739. The fraction of sp³-hybridized carbons (Fsp3) is 0.227. The maximum Gasteiger partial charge on any atom is 0.234 e. The van der Waals surface area contributed by atoms with Gasteiger partial charge in [0.15, 0.2) is 17.1 Å². The monoisotopic (exact) mass is 502 g/mol. The molecular formula is C22H23BrN4O3S. The molecule has 0 saturated carbocycles. The van der Waals surface area contributed by atoms with Gasteiger partial charge < -0.3 is 14.8 Å². The summed E-state index contributed by atoms with van der Waals surface area (Å²) in [6.07, 6.45) is 1.42. The van der Waals surface area contributed by atoms with E-state index < -0.39 is 0 Å². The number of nitrogens with one attached hydrogen (secondary N) is 1. The molecule has 2 aromatic carbocycles. The molecule has 0 saturated heterocycles. The average Bonchev–Trinajstić information content (AvgIpc) is 3.17. The predicted octanol–water partition coefficient (Wildman–Crippen LogP) is 5.11. The van der Waals surface area contributed by atoms with E-state index in [0.29, 0.717) is 23.3 Å². The second-order valence-electron chi connectivity index (χ2n) is 6.52. The first-order chi connectivity index (χ1) is 15.0. The number of benzene rings is 2. The van der Waals surface area contributed by atoms with Crippen molar-refractivity contribution < 1.29 is 14.3 Å². The fourth-order valence-corrected chi connectivity index (χ4v) is 3.80. The van der Waals surface area contributed by atoms with Crippen LogP contribution < -0.4 is 14.8 Å². The molecule has 0 fully saturated rings. The van der Waals surface area contributed by atoms with Crippen LogP contribution in [0.15, 0.2) is 70.8 Å². The lowest BCUT2D eigenvalue weighted by Crippen LogP contribution is -2.15. The zero-order chi connectivity index (χ0) is 22.2. The van der Waals surface area contributed by atoms with Gasteiger partial charge in [0.05, 0.1) is 12.9 Å². The number of nitrogens with zero attached hydrogens (tertiary/aromatic N) is 3. The number of amides is 1. The number of carbonyl (C=O) groups is 1. The number of allylic oxidation sites excluding steroid dienone is 1. The van der Waals surface area contributed by atoms with Gasteiger partial charge in [-0.15, -0.1) is 16.8 Å². The minimum atomic E-state index is -0.341. The van der Waals surface area contributed by atoms with Crippen molar-refractivity contribution >= 4 is 39.3 Å². The molecule has 162 valence electrons. The molecule has 0 radical (unpaired) electrons. The number of hydrogen-bond donors (Lipinski definition) is 1. The number of hydrogen-bond acceptors (Lipinski definition) is 6. The van der Waals surface area contributed by atoms with Crippen LogP contribution in [-0.4, -0.2) is 33.5 Å². The van der Waals surface area contributed by atoms with Gasteiger partial charge >= 0.3 is 0 Å². The summed E-state index contributed by atoms with van der Waals surface area (Å²) in [6.45, 7) is 6.23. The van der Waals surface area contributed by atoms with Crippen LogP contribution in [0.25, 0.3) is 0 Å². The Bertz CT molecular complexity index is 1020. The number of carbonyl (C=O) groups excluding carboxylic acids is 1. The molecule has 1 atom stereocenters. The van der Waals surface area contributed by atoms with Crippen LogP contribution in [0.1, 0.15) is 18.9 Å². The summed E-state index contributed by atoms with van der Waals surface area (Å²) < 4.78 is 14.0. The lowest BCUT2D eigenvalue weighted by molar-refractivity contribution is -0.113. The third kappa shape index (κ3) is 6.35. The van der Waals surface area contributed by atoms with E-state index in [1.165, 1.54) is 11.8 Å². The number of thioether (sulfide) groups is 1. The highest BCUT2D eigenvalue weighted by atomic mass is 79.9. The standard InChI is InChI=1S/C22H23BrN4O3S/c1-4-13-27-21(15(2)30-19-11-9-18(29-3)10-12-19)25-26-22(27)31-14-20(28)24-17-7-5-16(23)6-8-17/h4-12,15H,1,13-14H2,2-3H3,(H,24,28). The van der Waals surface area contributed by atoms with E-state index in [4.69, 9.17) is 9.47 Å². The predicted molar refractivity (Wildman–Crippen MR) is 126 cm³/mol. The average molecular weight is 503 g/mol. The molecule has 1 amide bonds. The Hall–Kier alpha value is -2.78. The zero-order valence-electron chi connectivity index (χ0n) is 17.2. The molecule has 3 rings (SSSR count). The molecule has 0 spiro atoms. The van der Waals surface area contributed by atoms with Crippen molar-refractivity contribution in [1.29, 1.82) is 0 Å². The van der Waals surface area contributed by atoms with E-state index in [0.717, 1.165) is 15.9 Å². The van der Waals surface area contributed by atoms with Gasteiger partial charge in [-0.1, -0.05) is 33.8 Å². The van der Waals surface area contributed by atoms with Crippen LogP contribution in [0.4, 0.5) is 5.69 Å². The molecule has 0 aliphatic rings. The van der Waals surface area contributed by atoms with Crippen LogP contribution in [0.5, 0.6) is 11.5 Å². The van der Waals surface area contributed by atoms with Gasteiger partial charge in [-0.25, -0.2) is 0 Å². The van der Waals surface area contributed by atoms with Crippen molar-refractivity contribution in [1.82, 2.24) is 14.8 Å². The molecule has 3 aromatic rings. The van der Waals surface area contributed by atoms with Crippen molar-refractivity contribution in [3.05, 3.63) is 71.5 Å². The first kappa shape index (κ1) is 22.9. The Kier molecular flexibility index (Phi) is 8.13. The highest BCUT2D eigenvalue weighted by molar-refractivity contribution is 9.10. The Morgan fingerprint density at radius 1 is 1.19 bits per heavy atom. The fourth-order valence-electron chi connectivity index (χ4n) is 2.78. The summed E-state index contributed by atoms with van der Waals surface area (Å²) in [5.74, 6) is 2.20. The van der Waals surface area contributed by atoms with Crippen molar-refractivity contribution in [3.8, 4) is 11.5 Å². The third-order valence-electron chi connectivity index (χ3n) is 4.25. The van der Waals surface area contributed by atoms with E-state index >= 15 is 0 Å². The molecule has 1 aromatic heterocycles. The van der Waals surface area contributed by atoms with Gasteiger partial charge in [-0.2, -0.15) is 0 Å². The van der Waals surface area contributed by atoms with Gasteiger partial charge in [0, 0.05) is 16.7 Å². The lowest BCUT2D eigenvalue weighted by atomic mass is 10.3. The molecule has 7 nitrogen and oxygen atoms in total. The van der Waals surface area contributed by atoms with Gasteiger partial charge in [0.25, 0.3) is 0 Å². The minimum Gasteiger partial charge on any atom is -0.497 e. The van der Waals surface area contributed by atoms with Crippen LogP contribution in [-0.2, 0) is 11.3 Å². The van der Waals surface area contributed by atoms with Crippen molar-refractivity contribution in [2.45, 2.75) is 24.7 Å². The number of anilines is 1. The topological polar surface area (TPSA) is 78.3 Å². The van der Waals surface area contributed by atoms with E-state index in [-0.39, 0.29) is 17.8 Å². The van der Waals surface area contributed by atoms with Gasteiger partial charge in [-0.3, -0.25) is 9.36 Å². The molecule has 0 aliphatic heterocycles. The Balaban J connectivity index is 1.65. The van der Waals surface area contributed by atoms with Gasteiger partial charge in [-0.05, 0) is 55.5 Å². The summed E-state index contributed by atoms with van der Waals surface area (Å²) in [5, 5.41) is 12.1. The van der Waals surface area contributed by atoms with Gasteiger partial charge in [0.1, 0.15) is 11.5 Å². The van der Waals surface area contributed by atoms with Crippen LogP contribution >= 0.6 is 27.7 Å². The first-order valence-electron chi connectivity index (χ1n) is 9.53. The van der Waals surface area contributed by atoms with E-state index in [1.54, 1.807) is 13.2 Å². The Morgan fingerprint density at radius 2 is 1.87 bits per heavy atom. The molecular weight excluding hydrogens is 480 g/mol. The number of ether oxygens (including phenoxy) is 2. The molecule has 0 aliphatic carbocycles. The molecule has 9 heteroatoms. The van der Waals surface area contributed by atoms with Crippen molar-refractivity contribution in [3.63, 3.8) is 0 Å². The van der Waals surface area contributed by atoms with Crippen LogP contribution in [0.2, 0.25) is 0 Å². The highest BCUT2D eigenvalue weighted by Crippen LogP contribution is 2.26. The zero-order valence-corrected chi connectivity index (χ0v) is 19.6. The Labute approximate surface area is 194 Å².